The molecule has 0 saturated heterocycles. The van der Waals surface area contributed by atoms with Crippen LogP contribution in [-0.2, 0) is 14.8 Å². The van der Waals surface area contributed by atoms with Gasteiger partial charge in [-0.15, -0.1) is 0 Å². The van der Waals surface area contributed by atoms with E-state index in [-0.39, 0.29) is 16.8 Å². The van der Waals surface area contributed by atoms with E-state index in [1.54, 1.807) is 26.1 Å². The molecule has 4 rings (SSSR count). The summed E-state index contributed by atoms with van der Waals surface area (Å²) < 4.78 is 33.3. The molecule has 1 saturated carbocycles. The highest BCUT2D eigenvalue weighted by atomic mass is 32.2. The van der Waals surface area contributed by atoms with Crippen LogP contribution < -0.4 is 10.1 Å². The third-order valence-corrected chi connectivity index (χ3v) is 8.46. The largest absolute Gasteiger partial charge is 0.481 e. The third-order valence-electron chi connectivity index (χ3n) is 6.53. The molecule has 1 aliphatic carbocycles. The predicted octanol–water partition coefficient (Wildman–Crippen LogP) is 5.71. The summed E-state index contributed by atoms with van der Waals surface area (Å²) in [6.45, 7) is 1.68. The lowest BCUT2D eigenvalue weighted by Gasteiger charge is -2.30. The van der Waals surface area contributed by atoms with Crippen LogP contribution in [0.4, 0.5) is 5.69 Å². The zero-order chi connectivity index (χ0) is 24.8. The number of hydrogen-bond acceptors (Lipinski definition) is 4. The molecule has 0 bridgehead atoms. The molecule has 7 heteroatoms. The van der Waals surface area contributed by atoms with Gasteiger partial charge < -0.3 is 10.1 Å². The molecule has 1 amide bonds. The Morgan fingerprint density at radius 3 is 2.11 bits per heavy atom. The van der Waals surface area contributed by atoms with Crippen molar-refractivity contribution in [3.05, 3.63) is 78.9 Å². The first-order valence-corrected chi connectivity index (χ1v) is 13.5. The van der Waals surface area contributed by atoms with Crippen LogP contribution in [0.2, 0.25) is 0 Å². The first kappa shape index (κ1) is 24.9. The Bertz CT molecular complexity index is 1220. The topological polar surface area (TPSA) is 75.7 Å². The highest BCUT2D eigenvalue weighted by Gasteiger charge is 2.29. The maximum Gasteiger partial charge on any atom is 0.265 e. The molecule has 0 spiro atoms. The first-order chi connectivity index (χ1) is 16.8. The molecule has 1 fully saturated rings. The summed E-state index contributed by atoms with van der Waals surface area (Å²) in [6, 6.07) is 24.0. The Morgan fingerprint density at radius 2 is 1.49 bits per heavy atom. The fraction of sp³-hybridized carbons (Fsp3) is 0.321. The predicted molar refractivity (Wildman–Crippen MR) is 139 cm³/mol. The van der Waals surface area contributed by atoms with Crippen LogP contribution >= 0.6 is 0 Å². The van der Waals surface area contributed by atoms with Crippen LogP contribution in [0.25, 0.3) is 11.1 Å². The molecule has 0 aliphatic heterocycles. The molecular weight excluding hydrogens is 460 g/mol. The Labute approximate surface area is 208 Å². The number of ether oxygens (including phenoxy) is 1. The molecule has 1 aliphatic rings. The van der Waals surface area contributed by atoms with Crippen molar-refractivity contribution in [3.63, 3.8) is 0 Å². The number of benzene rings is 3. The smallest absolute Gasteiger partial charge is 0.265 e. The van der Waals surface area contributed by atoms with E-state index >= 15 is 0 Å². The maximum atomic E-state index is 13.0. The quantitative estimate of drug-likeness (QED) is 0.437. The van der Waals surface area contributed by atoms with Crippen LogP contribution in [0.15, 0.2) is 83.8 Å². The van der Waals surface area contributed by atoms with Gasteiger partial charge in [0.2, 0.25) is 10.0 Å². The average molecular weight is 493 g/mol. The number of rotatable bonds is 8. The van der Waals surface area contributed by atoms with Crippen molar-refractivity contribution in [2.24, 2.45) is 0 Å². The molecule has 0 radical (unpaired) electrons. The molecule has 3 aromatic carbocycles. The van der Waals surface area contributed by atoms with Crippen LogP contribution in [-0.4, -0.2) is 37.8 Å². The molecule has 1 unspecified atom stereocenters. The van der Waals surface area contributed by atoms with E-state index in [0.29, 0.717) is 11.4 Å². The lowest BCUT2D eigenvalue weighted by molar-refractivity contribution is -0.122. The SMILES string of the molecule is CC(Oc1ccc(-c2ccccc2)cc1)C(=O)Nc1ccc(S(=O)(=O)N(C)C2CCCCC2)cc1. The second kappa shape index (κ2) is 11.1. The summed E-state index contributed by atoms with van der Waals surface area (Å²) in [7, 11) is -1.91. The zero-order valence-corrected chi connectivity index (χ0v) is 21.0. The highest BCUT2D eigenvalue weighted by Crippen LogP contribution is 2.27. The van der Waals surface area contributed by atoms with E-state index < -0.39 is 16.1 Å². The minimum absolute atomic E-state index is 0.0490. The average Bonchev–Trinajstić information content (AvgIpc) is 2.90. The van der Waals surface area contributed by atoms with Crippen molar-refractivity contribution in [2.45, 2.75) is 56.1 Å². The number of carbonyl (C=O) groups excluding carboxylic acids is 1. The first-order valence-electron chi connectivity index (χ1n) is 12.1. The summed E-state index contributed by atoms with van der Waals surface area (Å²) in [4.78, 5) is 12.9. The van der Waals surface area contributed by atoms with Gasteiger partial charge in [-0.3, -0.25) is 4.79 Å². The Kier molecular flexibility index (Phi) is 7.88. The van der Waals surface area contributed by atoms with Gasteiger partial charge in [-0.25, -0.2) is 8.42 Å². The van der Waals surface area contributed by atoms with Crippen molar-refractivity contribution >= 4 is 21.6 Å². The molecule has 35 heavy (non-hydrogen) atoms. The van der Waals surface area contributed by atoms with E-state index in [0.717, 1.165) is 36.8 Å². The normalized spacial score (nSPS) is 15.5. The zero-order valence-electron chi connectivity index (χ0n) is 20.2. The minimum Gasteiger partial charge on any atom is -0.481 e. The molecule has 1 atom stereocenters. The van der Waals surface area contributed by atoms with Gasteiger partial charge in [0.1, 0.15) is 5.75 Å². The monoisotopic (exact) mass is 492 g/mol. The van der Waals surface area contributed by atoms with Crippen LogP contribution in [0.3, 0.4) is 0 Å². The van der Waals surface area contributed by atoms with Gasteiger partial charge in [-0.1, -0.05) is 61.7 Å². The summed E-state index contributed by atoms with van der Waals surface area (Å²) in [5, 5.41) is 2.80. The lowest BCUT2D eigenvalue weighted by atomic mass is 9.96. The van der Waals surface area contributed by atoms with Crippen LogP contribution in [0.5, 0.6) is 5.75 Å². The van der Waals surface area contributed by atoms with Gasteiger partial charge in [-0.05, 0) is 67.3 Å². The molecule has 184 valence electrons. The van der Waals surface area contributed by atoms with Gasteiger partial charge in [0, 0.05) is 18.8 Å². The Hall–Kier alpha value is -3.16. The van der Waals surface area contributed by atoms with E-state index in [2.05, 4.69) is 5.32 Å². The number of nitrogens with one attached hydrogen (secondary N) is 1. The molecule has 1 N–H and O–H groups in total. The highest BCUT2D eigenvalue weighted by molar-refractivity contribution is 7.89. The van der Waals surface area contributed by atoms with Gasteiger partial charge in [0.15, 0.2) is 6.10 Å². The maximum absolute atomic E-state index is 13.0. The second-order valence-corrected chi connectivity index (χ2v) is 11.0. The van der Waals surface area contributed by atoms with Crippen molar-refractivity contribution in [1.82, 2.24) is 4.31 Å². The second-order valence-electron chi connectivity index (χ2n) is 8.98. The standard InChI is InChI=1S/C28H32N2O4S/c1-21(34-26-17-13-23(14-18-26)22-9-5-3-6-10-22)28(31)29-24-15-19-27(20-16-24)35(32,33)30(2)25-11-7-4-8-12-25/h3,5-6,9-10,13-21,25H,4,7-8,11-12H2,1-2H3,(H,29,31). The summed E-state index contributed by atoms with van der Waals surface area (Å²) in [5.41, 5.74) is 2.70. The van der Waals surface area contributed by atoms with Crippen molar-refractivity contribution in [1.29, 1.82) is 0 Å². The summed E-state index contributed by atoms with van der Waals surface area (Å²) in [6.07, 6.45) is 4.37. The van der Waals surface area contributed by atoms with E-state index in [9.17, 15) is 13.2 Å². The fourth-order valence-electron chi connectivity index (χ4n) is 4.38. The van der Waals surface area contributed by atoms with Crippen molar-refractivity contribution in [3.8, 4) is 16.9 Å². The number of nitrogens with zero attached hydrogens (tertiary/aromatic N) is 1. The van der Waals surface area contributed by atoms with Crippen LogP contribution in [0, 0.1) is 0 Å². The van der Waals surface area contributed by atoms with Gasteiger partial charge in [0.25, 0.3) is 5.91 Å². The number of sulfonamides is 1. The molecular formula is C28H32N2O4S. The Balaban J connectivity index is 1.34. The molecule has 0 heterocycles. The van der Waals surface area contributed by atoms with Gasteiger partial charge >= 0.3 is 0 Å². The molecule has 6 nitrogen and oxygen atoms in total. The van der Waals surface area contributed by atoms with E-state index in [1.807, 2.05) is 54.6 Å². The summed E-state index contributed by atoms with van der Waals surface area (Å²) >= 11 is 0. The third kappa shape index (κ3) is 6.10. The van der Waals surface area contributed by atoms with Crippen LogP contribution in [0.1, 0.15) is 39.0 Å². The number of hydrogen-bond donors (Lipinski definition) is 1. The summed E-state index contributed by atoms with van der Waals surface area (Å²) in [5.74, 6) is 0.284. The molecule has 0 aromatic heterocycles. The number of anilines is 1. The van der Waals surface area contributed by atoms with E-state index in [1.165, 1.54) is 22.9 Å². The minimum atomic E-state index is -3.57. The Morgan fingerprint density at radius 1 is 0.886 bits per heavy atom. The van der Waals surface area contributed by atoms with E-state index in [4.69, 9.17) is 4.74 Å². The van der Waals surface area contributed by atoms with Gasteiger partial charge in [0.05, 0.1) is 4.90 Å². The van der Waals surface area contributed by atoms with Crippen molar-refractivity contribution in [2.75, 3.05) is 12.4 Å². The molecule has 3 aromatic rings. The van der Waals surface area contributed by atoms with Crippen molar-refractivity contribution < 1.29 is 17.9 Å². The fourth-order valence-corrected chi connectivity index (χ4v) is 5.79. The lowest BCUT2D eigenvalue weighted by Crippen LogP contribution is -2.38. The van der Waals surface area contributed by atoms with Gasteiger partial charge in [-0.2, -0.15) is 4.31 Å². The number of amides is 1. The number of carbonyl (C=O) groups is 1.